The number of fused-ring (bicyclic) bond motifs is 1. The Kier molecular flexibility index (Phi) is 2.52. The lowest BCUT2D eigenvalue weighted by Gasteiger charge is -2.21. The molecule has 0 fully saturated rings. The maximum absolute atomic E-state index is 12.4. The summed E-state index contributed by atoms with van der Waals surface area (Å²) in [6, 6.07) is 10.9. The summed E-state index contributed by atoms with van der Waals surface area (Å²) in [5.74, 6) is -1.62. The third-order valence-electron chi connectivity index (χ3n) is 3.70. The number of Topliss-reactive ketones (excluding diaryl/α,β-unsaturated/α-hetero) is 2. The Morgan fingerprint density at radius 2 is 1.45 bits per heavy atom. The number of para-hydroxylation sites is 1. The van der Waals surface area contributed by atoms with Gasteiger partial charge in [-0.2, -0.15) is 0 Å². The fourth-order valence-electron chi connectivity index (χ4n) is 2.57. The maximum Gasteiger partial charge on any atom is 0.220 e. The molecule has 0 amide bonds. The lowest BCUT2D eigenvalue weighted by atomic mass is 9.87. The number of aryl methyl sites for hydroxylation is 1. The van der Waals surface area contributed by atoms with Gasteiger partial charge in [-0.15, -0.1) is 0 Å². The first-order valence-corrected chi connectivity index (χ1v) is 6.18. The fraction of sp³-hybridized carbons (Fsp3) is 0.125. The first kappa shape index (κ1) is 12.6. The van der Waals surface area contributed by atoms with Crippen LogP contribution in [0.2, 0.25) is 0 Å². The Hall–Kier alpha value is -2.46. The average molecular weight is 268 g/mol. The summed E-state index contributed by atoms with van der Waals surface area (Å²) in [6.07, 6.45) is 0. The van der Waals surface area contributed by atoms with Gasteiger partial charge in [-0.3, -0.25) is 9.59 Å². The molecule has 0 aromatic heterocycles. The van der Waals surface area contributed by atoms with Gasteiger partial charge in [0.1, 0.15) is 5.75 Å². The Morgan fingerprint density at radius 3 is 2.00 bits per heavy atom. The molecule has 0 saturated carbocycles. The van der Waals surface area contributed by atoms with Gasteiger partial charge in [0.25, 0.3) is 0 Å². The minimum atomic E-state index is -2.33. The molecule has 3 rings (SSSR count). The van der Waals surface area contributed by atoms with Gasteiger partial charge in [-0.05, 0) is 12.5 Å². The van der Waals surface area contributed by atoms with E-state index in [0.717, 1.165) is 0 Å². The molecular formula is C16H12O4. The number of phenols is 1. The van der Waals surface area contributed by atoms with E-state index < -0.39 is 17.2 Å². The molecule has 2 N–H and O–H groups in total. The summed E-state index contributed by atoms with van der Waals surface area (Å²) < 4.78 is 0. The highest BCUT2D eigenvalue weighted by molar-refractivity contribution is 6.32. The summed E-state index contributed by atoms with van der Waals surface area (Å²) in [5, 5.41) is 20.7. The van der Waals surface area contributed by atoms with Crippen molar-refractivity contribution < 1.29 is 19.8 Å². The van der Waals surface area contributed by atoms with E-state index in [1.807, 2.05) is 0 Å². The zero-order valence-electron chi connectivity index (χ0n) is 10.8. The van der Waals surface area contributed by atoms with Crippen molar-refractivity contribution >= 4 is 11.6 Å². The molecule has 0 bridgehead atoms. The zero-order chi connectivity index (χ0) is 14.5. The lowest BCUT2D eigenvalue weighted by molar-refractivity contribution is 0.0312. The van der Waals surface area contributed by atoms with Gasteiger partial charge in [0.05, 0.1) is 0 Å². The van der Waals surface area contributed by atoms with Crippen LogP contribution in [0.1, 0.15) is 31.8 Å². The van der Waals surface area contributed by atoms with Crippen LogP contribution in [0.4, 0.5) is 0 Å². The van der Waals surface area contributed by atoms with Crippen molar-refractivity contribution in [3.05, 3.63) is 64.7 Å². The number of aromatic hydroxyl groups is 1. The van der Waals surface area contributed by atoms with E-state index in [-0.39, 0.29) is 22.4 Å². The molecule has 0 atom stereocenters. The second kappa shape index (κ2) is 4.02. The maximum atomic E-state index is 12.4. The van der Waals surface area contributed by atoms with Gasteiger partial charge >= 0.3 is 0 Å². The second-order valence-corrected chi connectivity index (χ2v) is 4.89. The topological polar surface area (TPSA) is 74.6 Å². The van der Waals surface area contributed by atoms with Crippen LogP contribution in [-0.4, -0.2) is 21.8 Å². The van der Waals surface area contributed by atoms with E-state index in [1.165, 1.54) is 18.2 Å². The number of carbonyl (C=O) groups excluding carboxylic acids is 2. The first-order valence-electron chi connectivity index (χ1n) is 6.18. The standard InChI is InChI=1S/C16H12O4/c1-9-5-4-8-12(13(9)17)16(20)14(18)10-6-2-3-7-11(10)15(16)19/h2-8,17,20H,1H3. The van der Waals surface area contributed by atoms with Crippen molar-refractivity contribution in [3.8, 4) is 5.75 Å². The van der Waals surface area contributed by atoms with E-state index in [0.29, 0.717) is 5.56 Å². The highest BCUT2D eigenvalue weighted by Crippen LogP contribution is 2.41. The molecule has 1 aliphatic rings. The molecule has 20 heavy (non-hydrogen) atoms. The Balaban J connectivity index is 2.27. The molecule has 0 unspecified atom stereocenters. The summed E-state index contributed by atoms with van der Waals surface area (Å²) in [5.41, 5.74) is -1.54. The largest absolute Gasteiger partial charge is 0.507 e. The van der Waals surface area contributed by atoms with Gasteiger partial charge in [-0.1, -0.05) is 42.5 Å². The quantitative estimate of drug-likeness (QED) is 0.775. The third kappa shape index (κ3) is 1.39. The van der Waals surface area contributed by atoms with Crippen LogP contribution in [0.25, 0.3) is 0 Å². The predicted octanol–water partition coefficient (Wildman–Crippen LogP) is 1.97. The second-order valence-electron chi connectivity index (χ2n) is 4.89. The number of phenolic OH excluding ortho intramolecular Hbond substituents is 1. The van der Waals surface area contributed by atoms with Crippen LogP contribution in [0.5, 0.6) is 5.75 Å². The monoisotopic (exact) mass is 268 g/mol. The van der Waals surface area contributed by atoms with Crippen LogP contribution in [0.15, 0.2) is 42.5 Å². The van der Waals surface area contributed by atoms with E-state index in [1.54, 1.807) is 31.2 Å². The van der Waals surface area contributed by atoms with Crippen LogP contribution >= 0.6 is 0 Å². The molecule has 0 radical (unpaired) electrons. The number of benzene rings is 2. The summed E-state index contributed by atoms with van der Waals surface area (Å²) in [4.78, 5) is 24.8. The number of rotatable bonds is 1. The Bertz CT molecular complexity index is 711. The van der Waals surface area contributed by atoms with Crippen LogP contribution in [0, 0.1) is 6.92 Å². The molecule has 0 spiro atoms. The number of hydrogen-bond donors (Lipinski definition) is 2. The lowest BCUT2D eigenvalue weighted by Crippen LogP contribution is -2.38. The van der Waals surface area contributed by atoms with Crippen molar-refractivity contribution in [2.24, 2.45) is 0 Å². The first-order chi connectivity index (χ1) is 9.48. The molecule has 4 nitrogen and oxygen atoms in total. The minimum absolute atomic E-state index is 0.0660. The van der Waals surface area contributed by atoms with Crippen LogP contribution in [0.3, 0.4) is 0 Å². The number of aliphatic hydroxyl groups is 1. The van der Waals surface area contributed by atoms with Crippen molar-refractivity contribution in [3.63, 3.8) is 0 Å². The summed E-state index contributed by atoms with van der Waals surface area (Å²) in [6.45, 7) is 1.64. The molecule has 0 saturated heterocycles. The molecule has 2 aromatic carbocycles. The van der Waals surface area contributed by atoms with E-state index in [4.69, 9.17) is 0 Å². The molecule has 0 heterocycles. The molecule has 100 valence electrons. The third-order valence-corrected chi connectivity index (χ3v) is 3.70. The fourth-order valence-corrected chi connectivity index (χ4v) is 2.57. The minimum Gasteiger partial charge on any atom is -0.507 e. The highest BCUT2D eigenvalue weighted by atomic mass is 16.3. The van der Waals surface area contributed by atoms with Gasteiger partial charge in [0.15, 0.2) is 0 Å². The smallest absolute Gasteiger partial charge is 0.220 e. The molecule has 4 heteroatoms. The number of carbonyl (C=O) groups is 2. The van der Waals surface area contributed by atoms with E-state index in [2.05, 4.69) is 0 Å². The van der Waals surface area contributed by atoms with Crippen molar-refractivity contribution in [2.75, 3.05) is 0 Å². The molecular weight excluding hydrogens is 256 g/mol. The molecule has 1 aliphatic carbocycles. The van der Waals surface area contributed by atoms with Gasteiger partial charge in [-0.25, -0.2) is 0 Å². The number of hydrogen-bond acceptors (Lipinski definition) is 4. The van der Waals surface area contributed by atoms with Gasteiger partial charge in [0, 0.05) is 16.7 Å². The Morgan fingerprint density at radius 1 is 0.900 bits per heavy atom. The predicted molar refractivity (Wildman–Crippen MR) is 71.8 cm³/mol. The normalized spacial score (nSPS) is 16.3. The van der Waals surface area contributed by atoms with Crippen molar-refractivity contribution in [2.45, 2.75) is 12.5 Å². The molecule has 2 aromatic rings. The number of ketones is 2. The Labute approximate surface area is 115 Å². The zero-order valence-corrected chi connectivity index (χ0v) is 10.8. The van der Waals surface area contributed by atoms with Crippen LogP contribution < -0.4 is 0 Å². The van der Waals surface area contributed by atoms with E-state index in [9.17, 15) is 19.8 Å². The highest BCUT2D eigenvalue weighted by Gasteiger charge is 2.54. The SMILES string of the molecule is Cc1cccc(C2(O)C(=O)c3ccccc3C2=O)c1O. The average Bonchev–Trinajstić information content (AvgIpc) is 2.65. The van der Waals surface area contributed by atoms with Gasteiger partial charge < -0.3 is 10.2 Å². The van der Waals surface area contributed by atoms with E-state index >= 15 is 0 Å². The van der Waals surface area contributed by atoms with Crippen molar-refractivity contribution in [1.82, 2.24) is 0 Å². The van der Waals surface area contributed by atoms with Crippen molar-refractivity contribution in [1.29, 1.82) is 0 Å². The summed E-state index contributed by atoms with van der Waals surface area (Å²) >= 11 is 0. The summed E-state index contributed by atoms with van der Waals surface area (Å²) in [7, 11) is 0. The van der Waals surface area contributed by atoms with Gasteiger partial charge in [0.2, 0.25) is 17.2 Å². The van der Waals surface area contributed by atoms with Crippen LogP contribution in [-0.2, 0) is 5.60 Å². The molecule has 0 aliphatic heterocycles.